The monoisotopic (exact) mass is 556 g/mol. The summed E-state index contributed by atoms with van der Waals surface area (Å²) in [5.41, 5.74) is 6.25. The fourth-order valence-electron chi connectivity index (χ4n) is 4.75. The van der Waals surface area contributed by atoms with Crippen molar-refractivity contribution >= 4 is 23.2 Å². The van der Waals surface area contributed by atoms with Crippen molar-refractivity contribution in [2.24, 2.45) is 5.73 Å². The molecule has 41 heavy (non-hydrogen) atoms. The lowest BCUT2D eigenvalue weighted by molar-refractivity contribution is 0.0428. The number of amides is 2. The van der Waals surface area contributed by atoms with Crippen LogP contribution in [0.25, 0.3) is 0 Å². The van der Waals surface area contributed by atoms with E-state index in [0.717, 1.165) is 0 Å². The molecule has 9 nitrogen and oxygen atoms in total. The van der Waals surface area contributed by atoms with Gasteiger partial charge in [0, 0.05) is 28.9 Å². The highest BCUT2D eigenvalue weighted by molar-refractivity contribution is 6.13. The van der Waals surface area contributed by atoms with E-state index in [2.05, 4.69) is 10.4 Å². The normalized spacial score (nSPS) is 14.8. The summed E-state index contributed by atoms with van der Waals surface area (Å²) in [5, 5.41) is 16.4. The van der Waals surface area contributed by atoms with Crippen molar-refractivity contribution < 1.29 is 23.1 Å². The molecular formula is C30H26F2N6O3. The first-order chi connectivity index (χ1) is 19.7. The Labute approximate surface area is 234 Å². The first-order valence-electron chi connectivity index (χ1n) is 12.9. The van der Waals surface area contributed by atoms with E-state index in [4.69, 9.17) is 10.5 Å². The lowest BCUT2D eigenvalue weighted by Crippen LogP contribution is -2.47. The average Bonchev–Trinajstić information content (AvgIpc) is 3.38. The van der Waals surface area contributed by atoms with E-state index < -0.39 is 17.7 Å². The number of alkyl halides is 2. The second-order valence-electron chi connectivity index (χ2n) is 9.51. The molecule has 1 aromatic heterocycles. The van der Waals surface area contributed by atoms with Crippen molar-refractivity contribution in [3.63, 3.8) is 0 Å². The number of nitrogens with zero attached hydrogens (tertiary/aromatic N) is 4. The summed E-state index contributed by atoms with van der Waals surface area (Å²) in [4.78, 5) is 28.2. The molecule has 0 saturated heterocycles. The van der Waals surface area contributed by atoms with Crippen LogP contribution in [0.1, 0.15) is 44.5 Å². The molecule has 11 heteroatoms. The Morgan fingerprint density at radius 3 is 2.54 bits per heavy atom. The number of carbonyl (C=O) groups is 2. The van der Waals surface area contributed by atoms with E-state index in [0.29, 0.717) is 18.0 Å². The van der Waals surface area contributed by atoms with E-state index in [9.17, 15) is 14.9 Å². The molecule has 0 radical (unpaired) electrons. The van der Waals surface area contributed by atoms with Gasteiger partial charge in [-0.3, -0.25) is 14.3 Å². The molecule has 4 aromatic rings. The lowest BCUT2D eigenvalue weighted by Gasteiger charge is -2.34. The highest BCUT2D eigenvalue weighted by atomic mass is 19.3. The van der Waals surface area contributed by atoms with Crippen LogP contribution < -0.4 is 20.7 Å². The molecule has 1 aliphatic rings. The molecule has 0 fully saturated rings. The highest BCUT2D eigenvalue weighted by Gasteiger charge is 2.37. The number of anilines is 2. The minimum atomic E-state index is -3.20. The van der Waals surface area contributed by atoms with Crippen LogP contribution in [-0.2, 0) is 12.5 Å². The Balaban J connectivity index is 1.38. The highest BCUT2D eigenvalue weighted by Crippen LogP contribution is 2.37. The molecule has 0 bridgehead atoms. The SMILES string of the molecule is CC1Cn2ncc(NC(=O)c3ccc(OCCN)c(C#N)c3)c2C(=O)N1c1ccc(C(F)(F)c2ccccc2)cc1. The van der Waals surface area contributed by atoms with Crippen LogP contribution in [0.3, 0.4) is 0 Å². The molecule has 1 atom stereocenters. The van der Waals surface area contributed by atoms with Gasteiger partial charge in [-0.05, 0) is 37.3 Å². The zero-order valence-electron chi connectivity index (χ0n) is 22.1. The number of nitrogens with two attached hydrogens (primary N) is 1. The predicted octanol–water partition coefficient (Wildman–Crippen LogP) is 4.53. The standard InChI is InChI=1S/C30H26F2N6O3/c1-19-18-37-27(25(17-35-37)36-28(39)20-7-12-26(41-14-13-33)21(15-20)16-34)29(40)38(19)24-10-8-23(9-11-24)30(31,32)22-5-3-2-4-6-22/h2-12,15,17,19H,13-14,18,33H2,1H3,(H,36,39). The average molecular weight is 557 g/mol. The maximum Gasteiger partial charge on any atom is 0.298 e. The summed E-state index contributed by atoms with van der Waals surface area (Å²) in [7, 11) is 0. The Bertz CT molecular complexity index is 1630. The van der Waals surface area contributed by atoms with Gasteiger partial charge in [0.05, 0.1) is 30.0 Å². The molecule has 0 aliphatic carbocycles. The van der Waals surface area contributed by atoms with Gasteiger partial charge in [-0.1, -0.05) is 42.5 Å². The Kier molecular flexibility index (Phi) is 7.50. The number of ether oxygens (including phenoxy) is 1. The first-order valence-corrected chi connectivity index (χ1v) is 12.9. The summed E-state index contributed by atoms with van der Waals surface area (Å²) in [6.45, 7) is 2.64. The van der Waals surface area contributed by atoms with Gasteiger partial charge in [-0.2, -0.15) is 19.1 Å². The number of hydrogen-bond donors (Lipinski definition) is 2. The zero-order valence-corrected chi connectivity index (χ0v) is 22.1. The van der Waals surface area contributed by atoms with Gasteiger partial charge in [0.2, 0.25) is 0 Å². The fourth-order valence-corrected chi connectivity index (χ4v) is 4.75. The molecule has 0 spiro atoms. The van der Waals surface area contributed by atoms with Crippen molar-refractivity contribution in [3.8, 4) is 11.8 Å². The number of benzene rings is 3. The molecule has 0 saturated carbocycles. The second-order valence-corrected chi connectivity index (χ2v) is 9.51. The third-order valence-electron chi connectivity index (χ3n) is 6.77. The molecule has 1 unspecified atom stereocenters. The summed E-state index contributed by atoms with van der Waals surface area (Å²) in [6, 6.07) is 19.2. The van der Waals surface area contributed by atoms with Crippen LogP contribution in [-0.4, -0.2) is 40.8 Å². The van der Waals surface area contributed by atoms with E-state index in [1.54, 1.807) is 18.2 Å². The van der Waals surface area contributed by atoms with Crippen molar-refractivity contribution in [2.45, 2.75) is 25.4 Å². The number of aromatic nitrogens is 2. The van der Waals surface area contributed by atoms with Gasteiger partial charge < -0.3 is 20.7 Å². The summed E-state index contributed by atoms with van der Waals surface area (Å²) in [5.74, 6) is -3.88. The third-order valence-corrected chi connectivity index (χ3v) is 6.77. The number of hydrogen-bond acceptors (Lipinski definition) is 6. The Morgan fingerprint density at radius 2 is 1.85 bits per heavy atom. The second kappa shape index (κ2) is 11.2. The third kappa shape index (κ3) is 5.25. The number of nitrogens with one attached hydrogen (secondary N) is 1. The molecule has 3 N–H and O–H groups in total. The van der Waals surface area contributed by atoms with Gasteiger partial charge in [-0.25, -0.2) is 0 Å². The topological polar surface area (TPSA) is 126 Å². The van der Waals surface area contributed by atoms with Gasteiger partial charge in [-0.15, -0.1) is 0 Å². The summed E-state index contributed by atoms with van der Waals surface area (Å²) in [6.07, 6.45) is 1.38. The minimum Gasteiger partial charge on any atom is -0.491 e. The largest absolute Gasteiger partial charge is 0.491 e. The van der Waals surface area contributed by atoms with Crippen LogP contribution in [0.4, 0.5) is 20.2 Å². The first kappa shape index (κ1) is 27.5. The van der Waals surface area contributed by atoms with E-state index >= 15 is 8.78 Å². The molecule has 208 valence electrons. The predicted molar refractivity (Wildman–Crippen MR) is 148 cm³/mol. The van der Waals surface area contributed by atoms with Gasteiger partial charge in [0.1, 0.15) is 24.1 Å². The smallest absolute Gasteiger partial charge is 0.298 e. The molecule has 1 aliphatic heterocycles. The number of rotatable bonds is 8. The lowest BCUT2D eigenvalue weighted by atomic mass is 9.99. The number of nitriles is 1. The molecule has 5 rings (SSSR count). The van der Waals surface area contributed by atoms with Crippen molar-refractivity contribution in [2.75, 3.05) is 23.4 Å². The van der Waals surface area contributed by atoms with Crippen molar-refractivity contribution in [1.29, 1.82) is 5.26 Å². The zero-order chi connectivity index (χ0) is 29.1. The van der Waals surface area contributed by atoms with E-state index in [1.165, 1.54) is 70.4 Å². The van der Waals surface area contributed by atoms with E-state index in [1.807, 2.05) is 13.0 Å². The Hall–Kier alpha value is -5.08. The fraction of sp³-hybridized carbons (Fsp3) is 0.200. The molecular weight excluding hydrogens is 530 g/mol. The van der Waals surface area contributed by atoms with Gasteiger partial charge in [0.15, 0.2) is 0 Å². The van der Waals surface area contributed by atoms with Crippen molar-refractivity contribution in [1.82, 2.24) is 9.78 Å². The molecule has 2 amide bonds. The van der Waals surface area contributed by atoms with Crippen LogP contribution in [0, 0.1) is 11.3 Å². The molecule has 3 aromatic carbocycles. The van der Waals surface area contributed by atoms with Gasteiger partial charge in [0.25, 0.3) is 17.7 Å². The van der Waals surface area contributed by atoms with E-state index in [-0.39, 0.29) is 52.8 Å². The summed E-state index contributed by atoms with van der Waals surface area (Å²) < 4.78 is 37.0. The maximum absolute atomic E-state index is 15.0. The van der Waals surface area contributed by atoms with Crippen LogP contribution in [0.2, 0.25) is 0 Å². The Morgan fingerprint density at radius 1 is 1.15 bits per heavy atom. The quantitative estimate of drug-likeness (QED) is 0.328. The van der Waals surface area contributed by atoms with Crippen molar-refractivity contribution in [3.05, 3.63) is 107 Å². The van der Waals surface area contributed by atoms with Crippen LogP contribution >= 0.6 is 0 Å². The van der Waals surface area contributed by atoms with Crippen LogP contribution in [0.5, 0.6) is 5.75 Å². The van der Waals surface area contributed by atoms with Crippen LogP contribution in [0.15, 0.2) is 79.0 Å². The molecule has 2 heterocycles. The summed E-state index contributed by atoms with van der Waals surface area (Å²) >= 11 is 0. The maximum atomic E-state index is 15.0. The minimum absolute atomic E-state index is 0.126. The van der Waals surface area contributed by atoms with Gasteiger partial charge >= 0.3 is 0 Å². The number of carbonyl (C=O) groups excluding carboxylic acids is 2. The number of halogens is 2. The number of fused-ring (bicyclic) bond motifs is 1.